The molecule has 0 fully saturated rings. The molecule has 0 aliphatic carbocycles. The molecule has 0 aliphatic rings. The van der Waals surface area contributed by atoms with E-state index in [0.29, 0.717) is 25.0 Å². The average Bonchev–Trinajstić information content (AvgIpc) is 3.00. The van der Waals surface area contributed by atoms with E-state index in [1.807, 2.05) is 56.3 Å². The summed E-state index contributed by atoms with van der Waals surface area (Å²) in [5.41, 5.74) is 1.72. The Morgan fingerprint density at radius 2 is 1.52 bits per heavy atom. The highest BCUT2D eigenvalue weighted by Crippen LogP contribution is 2.14. The molecule has 11 nitrogen and oxygen atoms in total. The van der Waals surface area contributed by atoms with Gasteiger partial charge in [0.25, 0.3) is 0 Å². The highest BCUT2D eigenvalue weighted by atomic mass is 16.5. The van der Waals surface area contributed by atoms with E-state index < -0.39 is 36.1 Å². The van der Waals surface area contributed by atoms with Crippen molar-refractivity contribution in [3.8, 4) is 5.75 Å². The molecule has 42 heavy (non-hydrogen) atoms. The summed E-state index contributed by atoms with van der Waals surface area (Å²) in [5, 5.41) is 11.3. The topological polar surface area (TPSA) is 144 Å². The summed E-state index contributed by atoms with van der Waals surface area (Å²) in [7, 11) is 4.37. The van der Waals surface area contributed by atoms with Crippen LogP contribution in [0.2, 0.25) is 0 Å². The van der Waals surface area contributed by atoms with Crippen LogP contribution in [0.25, 0.3) is 0 Å². The van der Waals surface area contributed by atoms with Crippen LogP contribution in [-0.4, -0.2) is 69.8 Å². The summed E-state index contributed by atoms with van der Waals surface area (Å²) in [6.45, 7) is 4.35. The highest BCUT2D eigenvalue weighted by molar-refractivity contribution is 5.90. The van der Waals surface area contributed by atoms with E-state index in [1.54, 1.807) is 19.2 Å². The standard InChI is InChI=1S/C31H44N4O7/c1-21(2)18-26(29(37)35-27(28(36)32-3)19-22-13-15-24(40-4)16-14-22)34-25(30(38)41-5)12-9-17-33-31(39)42-20-23-10-7-6-8-11-23/h6-8,10-11,13-16,21,25-27,34H,9,12,17-20H2,1-5H3,(H,32,36)(H,33,39)(H,35,37)/t25-,26+,27+/m1/s1. The van der Waals surface area contributed by atoms with Gasteiger partial charge in [-0.05, 0) is 48.4 Å². The second-order valence-electron chi connectivity index (χ2n) is 10.3. The third kappa shape index (κ3) is 12.2. The van der Waals surface area contributed by atoms with Crippen molar-refractivity contribution in [2.24, 2.45) is 5.92 Å². The van der Waals surface area contributed by atoms with Crippen molar-refractivity contribution in [3.05, 3.63) is 65.7 Å². The van der Waals surface area contributed by atoms with E-state index in [0.717, 1.165) is 11.1 Å². The largest absolute Gasteiger partial charge is 0.497 e. The van der Waals surface area contributed by atoms with Crippen LogP contribution in [0.4, 0.5) is 4.79 Å². The number of likely N-dealkylation sites (N-methyl/N-ethyl adjacent to an activating group) is 1. The quantitative estimate of drug-likeness (QED) is 0.164. The molecule has 0 unspecified atom stereocenters. The van der Waals surface area contributed by atoms with Crippen molar-refractivity contribution in [2.45, 2.75) is 64.3 Å². The zero-order valence-corrected chi connectivity index (χ0v) is 25.1. The van der Waals surface area contributed by atoms with Gasteiger partial charge in [-0.2, -0.15) is 0 Å². The first-order valence-corrected chi connectivity index (χ1v) is 14.1. The number of methoxy groups -OCH3 is 2. The van der Waals surface area contributed by atoms with Crippen LogP contribution in [0.3, 0.4) is 0 Å². The van der Waals surface area contributed by atoms with E-state index in [1.165, 1.54) is 14.2 Å². The number of alkyl carbamates (subject to hydrolysis) is 1. The Morgan fingerprint density at radius 1 is 0.833 bits per heavy atom. The zero-order valence-electron chi connectivity index (χ0n) is 25.1. The summed E-state index contributed by atoms with van der Waals surface area (Å²) in [6, 6.07) is 14.2. The molecule has 3 amide bonds. The molecule has 0 saturated heterocycles. The fourth-order valence-corrected chi connectivity index (χ4v) is 4.30. The lowest BCUT2D eigenvalue weighted by Gasteiger charge is -2.27. The summed E-state index contributed by atoms with van der Waals surface area (Å²) in [5.74, 6) is -0.454. The van der Waals surface area contributed by atoms with E-state index in [2.05, 4.69) is 21.3 Å². The monoisotopic (exact) mass is 584 g/mol. The molecule has 230 valence electrons. The SMILES string of the molecule is CNC(=O)[C@H](Cc1ccc(OC)cc1)NC(=O)[C@H](CC(C)C)N[C@H](CCCNC(=O)OCc1ccccc1)C(=O)OC. The van der Waals surface area contributed by atoms with Gasteiger partial charge in [0, 0.05) is 20.0 Å². The van der Waals surface area contributed by atoms with E-state index >= 15 is 0 Å². The maximum atomic E-state index is 13.5. The third-order valence-electron chi connectivity index (χ3n) is 6.54. The van der Waals surface area contributed by atoms with E-state index in [9.17, 15) is 19.2 Å². The molecule has 0 spiro atoms. The van der Waals surface area contributed by atoms with Crippen LogP contribution in [0.5, 0.6) is 5.75 Å². The lowest BCUT2D eigenvalue weighted by Crippen LogP contribution is -2.56. The van der Waals surface area contributed by atoms with Crippen molar-refractivity contribution in [1.29, 1.82) is 0 Å². The van der Waals surface area contributed by atoms with Gasteiger partial charge >= 0.3 is 12.1 Å². The second-order valence-corrected chi connectivity index (χ2v) is 10.3. The number of nitrogens with one attached hydrogen (secondary N) is 4. The molecule has 2 aromatic rings. The number of esters is 1. The Bertz CT molecular complexity index is 1130. The summed E-state index contributed by atoms with van der Waals surface area (Å²) in [4.78, 5) is 50.8. The number of hydrogen-bond donors (Lipinski definition) is 4. The zero-order chi connectivity index (χ0) is 30.9. The predicted molar refractivity (Wildman–Crippen MR) is 159 cm³/mol. The number of hydrogen-bond acceptors (Lipinski definition) is 8. The molecule has 2 aromatic carbocycles. The molecule has 4 N–H and O–H groups in total. The summed E-state index contributed by atoms with van der Waals surface area (Å²) >= 11 is 0. The Kier molecular flexibility index (Phi) is 14.9. The number of carbonyl (C=O) groups excluding carboxylic acids is 4. The molecule has 0 saturated carbocycles. The van der Waals surface area contributed by atoms with Crippen LogP contribution < -0.4 is 26.0 Å². The Labute approximate surface area is 248 Å². The minimum atomic E-state index is -0.824. The maximum absolute atomic E-state index is 13.5. The van der Waals surface area contributed by atoms with Crippen molar-refractivity contribution < 1.29 is 33.4 Å². The predicted octanol–water partition coefficient (Wildman–Crippen LogP) is 2.72. The fraction of sp³-hybridized carbons (Fsp3) is 0.484. The Morgan fingerprint density at radius 3 is 2.12 bits per heavy atom. The number of rotatable bonds is 17. The smallest absolute Gasteiger partial charge is 0.407 e. The Balaban J connectivity index is 1.99. The summed E-state index contributed by atoms with van der Waals surface area (Å²) in [6.07, 6.45) is 0.873. The number of ether oxygens (including phenoxy) is 3. The molecule has 11 heteroatoms. The van der Waals surface area contributed by atoms with Gasteiger partial charge in [-0.3, -0.25) is 19.7 Å². The third-order valence-corrected chi connectivity index (χ3v) is 6.54. The molecule has 0 bridgehead atoms. The van der Waals surface area contributed by atoms with Gasteiger partial charge < -0.3 is 30.2 Å². The Hall–Kier alpha value is -4.12. The maximum Gasteiger partial charge on any atom is 0.407 e. The lowest BCUT2D eigenvalue weighted by atomic mass is 9.99. The van der Waals surface area contributed by atoms with Crippen molar-refractivity contribution >= 4 is 23.9 Å². The van der Waals surface area contributed by atoms with Crippen LogP contribution in [0.15, 0.2) is 54.6 Å². The number of carbonyl (C=O) groups is 4. The minimum Gasteiger partial charge on any atom is -0.497 e. The molecule has 0 aliphatic heterocycles. The van der Waals surface area contributed by atoms with Gasteiger partial charge in [-0.1, -0.05) is 56.3 Å². The van der Waals surface area contributed by atoms with E-state index in [-0.39, 0.29) is 31.4 Å². The first-order chi connectivity index (χ1) is 20.2. The molecule has 0 aromatic heterocycles. The van der Waals surface area contributed by atoms with Crippen molar-refractivity contribution in [3.63, 3.8) is 0 Å². The average molecular weight is 585 g/mol. The molecule has 0 radical (unpaired) electrons. The number of amides is 3. The van der Waals surface area contributed by atoms with Gasteiger partial charge in [0.1, 0.15) is 24.4 Å². The van der Waals surface area contributed by atoms with Gasteiger partial charge in [0.2, 0.25) is 11.8 Å². The molecular weight excluding hydrogens is 540 g/mol. The lowest BCUT2D eigenvalue weighted by molar-refractivity contribution is -0.144. The molecule has 2 rings (SSSR count). The van der Waals surface area contributed by atoms with E-state index in [4.69, 9.17) is 14.2 Å². The molecule has 0 heterocycles. The summed E-state index contributed by atoms with van der Waals surface area (Å²) < 4.78 is 15.4. The van der Waals surface area contributed by atoms with Crippen molar-refractivity contribution in [2.75, 3.05) is 27.8 Å². The molecule has 3 atom stereocenters. The van der Waals surface area contributed by atoms with Crippen LogP contribution >= 0.6 is 0 Å². The number of benzene rings is 2. The fourth-order valence-electron chi connectivity index (χ4n) is 4.30. The minimum absolute atomic E-state index is 0.118. The van der Waals surface area contributed by atoms with Crippen LogP contribution in [0.1, 0.15) is 44.2 Å². The van der Waals surface area contributed by atoms with Gasteiger partial charge in [-0.25, -0.2) is 4.79 Å². The molecular formula is C31H44N4O7. The van der Waals surface area contributed by atoms with Crippen LogP contribution in [-0.2, 0) is 36.9 Å². The first kappa shape index (κ1) is 34.1. The van der Waals surface area contributed by atoms with Gasteiger partial charge in [0.05, 0.1) is 20.3 Å². The van der Waals surface area contributed by atoms with Gasteiger partial charge in [-0.15, -0.1) is 0 Å². The van der Waals surface area contributed by atoms with Crippen LogP contribution in [0, 0.1) is 5.92 Å². The second kappa shape index (κ2) is 18.3. The van der Waals surface area contributed by atoms with Crippen molar-refractivity contribution in [1.82, 2.24) is 21.3 Å². The van der Waals surface area contributed by atoms with Gasteiger partial charge in [0.15, 0.2) is 0 Å². The normalized spacial score (nSPS) is 12.9. The first-order valence-electron chi connectivity index (χ1n) is 14.1. The highest BCUT2D eigenvalue weighted by Gasteiger charge is 2.30.